The number of rotatable bonds is 4. The van der Waals surface area contributed by atoms with Crippen LogP contribution in [0.1, 0.15) is 0 Å². The smallest absolute Gasteiger partial charge is 0.422 e. The molecule has 2 aromatic rings. The zero-order valence-corrected chi connectivity index (χ0v) is 10.9. The first kappa shape index (κ1) is 14.2. The van der Waals surface area contributed by atoms with Crippen LogP contribution >= 0.6 is 0 Å². The maximum Gasteiger partial charge on any atom is 0.422 e. The van der Waals surface area contributed by atoms with Crippen LogP contribution in [0.2, 0.25) is 0 Å². The predicted molar refractivity (Wildman–Crippen MR) is 73.0 cm³/mol. The summed E-state index contributed by atoms with van der Waals surface area (Å²) in [6.07, 6.45) is -4.32. The van der Waals surface area contributed by atoms with Gasteiger partial charge in [-0.3, -0.25) is 0 Å². The predicted octanol–water partition coefficient (Wildman–Crippen LogP) is 4.34. The molecule has 0 spiro atoms. The summed E-state index contributed by atoms with van der Waals surface area (Å²) in [4.78, 5) is 0. The van der Waals surface area contributed by atoms with E-state index < -0.39 is 12.8 Å². The van der Waals surface area contributed by atoms with Crippen LogP contribution in [-0.4, -0.2) is 19.8 Å². The molecular formula is C15H14F3NO. The van der Waals surface area contributed by atoms with Gasteiger partial charge in [-0.2, -0.15) is 13.2 Å². The lowest BCUT2D eigenvalue weighted by Gasteiger charge is -2.10. The lowest BCUT2D eigenvalue weighted by atomic mass is 10.1. The fourth-order valence-corrected chi connectivity index (χ4v) is 1.76. The van der Waals surface area contributed by atoms with Gasteiger partial charge in [-0.1, -0.05) is 24.3 Å². The zero-order valence-electron chi connectivity index (χ0n) is 10.9. The average molecular weight is 281 g/mol. The highest BCUT2D eigenvalue weighted by molar-refractivity contribution is 5.68. The fraction of sp³-hybridized carbons (Fsp3) is 0.200. The average Bonchev–Trinajstić information content (AvgIpc) is 2.45. The van der Waals surface area contributed by atoms with Crippen molar-refractivity contribution in [1.82, 2.24) is 0 Å². The van der Waals surface area contributed by atoms with E-state index in [2.05, 4.69) is 10.1 Å². The number of alkyl halides is 3. The van der Waals surface area contributed by atoms with Gasteiger partial charge in [-0.15, -0.1) is 0 Å². The SMILES string of the molecule is CNc1cccc(-c2ccc(OCC(F)(F)F)cc2)c1. The topological polar surface area (TPSA) is 21.3 Å². The summed E-state index contributed by atoms with van der Waals surface area (Å²) in [6.45, 7) is -1.28. The van der Waals surface area contributed by atoms with Gasteiger partial charge >= 0.3 is 6.18 Å². The van der Waals surface area contributed by atoms with Gasteiger partial charge in [0, 0.05) is 12.7 Å². The Morgan fingerprint density at radius 3 is 2.30 bits per heavy atom. The molecule has 0 atom stereocenters. The highest BCUT2D eigenvalue weighted by atomic mass is 19.4. The Kier molecular flexibility index (Phi) is 4.17. The molecule has 0 heterocycles. The molecule has 0 saturated heterocycles. The molecule has 20 heavy (non-hydrogen) atoms. The van der Waals surface area contributed by atoms with Gasteiger partial charge in [0.15, 0.2) is 6.61 Å². The third kappa shape index (κ3) is 3.91. The normalized spacial score (nSPS) is 11.2. The standard InChI is InChI=1S/C15H14F3NO/c1-19-13-4-2-3-12(9-13)11-5-7-14(8-6-11)20-10-15(16,17)18/h2-9,19H,10H2,1H3. The second-order valence-corrected chi connectivity index (χ2v) is 4.26. The Morgan fingerprint density at radius 2 is 1.70 bits per heavy atom. The van der Waals surface area contributed by atoms with Crippen molar-refractivity contribution in [2.75, 3.05) is 19.0 Å². The largest absolute Gasteiger partial charge is 0.484 e. The zero-order chi connectivity index (χ0) is 14.6. The molecule has 0 amide bonds. The van der Waals surface area contributed by atoms with Crippen LogP contribution in [0.3, 0.4) is 0 Å². The van der Waals surface area contributed by atoms with Gasteiger partial charge in [0.05, 0.1) is 0 Å². The molecule has 106 valence electrons. The Balaban J connectivity index is 2.11. The first-order chi connectivity index (χ1) is 9.48. The van der Waals surface area contributed by atoms with E-state index in [9.17, 15) is 13.2 Å². The molecule has 2 rings (SSSR count). The van der Waals surface area contributed by atoms with Gasteiger partial charge < -0.3 is 10.1 Å². The second-order valence-electron chi connectivity index (χ2n) is 4.26. The molecule has 5 heteroatoms. The minimum Gasteiger partial charge on any atom is -0.484 e. The lowest BCUT2D eigenvalue weighted by Crippen LogP contribution is -2.19. The molecule has 2 aromatic carbocycles. The van der Waals surface area contributed by atoms with Crippen LogP contribution in [0.25, 0.3) is 11.1 Å². The van der Waals surface area contributed by atoms with Crippen molar-refractivity contribution in [3.05, 3.63) is 48.5 Å². The molecule has 0 aliphatic carbocycles. The van der Waals surface area contributed by atoms with Crippen LogP contribution in [0.5, 0.6) is 5.75 Å². The van der Waals surface area contributed by atoms with Crippen LogP contribution in [-0.2, 0) is 0 Å². The minimum absolute atomic E-state index is 0.204. The molecule has 0 fully saturated rings. The molecule has 0 aliphatic rings. The van der Waals surface area contributed by atoms with Gasteiger partial charge in [0.1, 0.15) is 5.75 Å². The first-order valence-corrected chi connectivity index (χ1v) is 6.06. The summed E-state index contributed by atoms with van der Waals surface area (Å²) in [6, 6.07) is 14.3. The number of hydrogen-bond acceptors (Lipinski definition) is 2. The first-order valence-electron chi connectivity index (χ1n) is 6.06. The van der Waals surface area contributed by atoms with Gasteiger partial charge in [-0.25, -0.2) is 0 Å². The molecule has 0 aliphatic heterocycles. The maximum absolute atomic E-state index is 12.0. The Hall–Kier alpha value is -2.17. The summed E-state index contributed by atoms with van der Waals surface area (Å²) < 4.78 is 40.8. The Morgan fingerprint density at radius 1 is 1.00 bits per heavy atom. The second kappa shape index (κ2) is 5.86. The van der Waals surface area contributed by atoms with Crippen LogP contribution in [0, 0.1) is 0 Å². The van der Waals surface area contributed by atoms with Crippen LogP contribution < -0.4 is 10.1 Å². The van der Waals surface area contributed by atoms with Crippen molar-refractivity contribution >= 4 is 5.69 Å². The van der Waals surface area contributed by atoms with Crippen molar-refractivity contribution in [2.24, 2.45) is 0 Å². The van der Waals surface area contributed by atoms with Crippen molar-refractivity contribution in [1.29, 1.82) is 0 Å². The van der Waals surface area contributed by atoms with E-state index in [1.54, 1.807) is 12.1 Å². The monoisotopic (exact) mass is 281 g/mol. The van der Waals surface area contributed by atoms with E-state index in [0.29, 0.717) is 0 Å². The highest BCUT2D eigenvalue weighted by Gasteiger charge is 2.28. The molecule has 0 unspecified atom stereocenters. The number of ether oxygens (including phenoxy) is 1. The Bertz CT molecular complexity index is 564. The molecule has 0 bridgehead atoms. The quantitative estimate of drug-likeness (QED) is 0.900. The molecule has 0 aromatic heterocycles. The fourth-order valence-electron chi connectivity index (χ4n) is 1.76. The van der Waals surface area contributed by atoms with E-state index in [-0.39, 0.29) is 5.75 Å². The Labute approximate surface area is 115 Å². The summed E-state index contributed by atoms with van der Waals surface area (Å²) in [5, 5.41) is 3.04. The van der Waals surface area contributed by atoms with Crippen molar-refractivity contribution in [3.8, 4) is 16.9 Å². The number of anilines is 1. The summed E-state index contributed by atoms with van der Waals surface area (Å²) >= 11 is 0. The number of halogens is 3. The van der Waals surface area contributed by atoms with Gasteiger partial charge in [0.25, 0.3) is 0 Å². The highest BCUT2D eigenvalue weighted by Crippen LogP contribution is 2.25. The molecule has 1 N–H and O–H groups in total. The maximum atomic E-state index is 12.0. The van der Waals surface area contributed by atoms with E-state index in [0.717, 1.165) is 16.8 Å². The lowest BCUT2D eigenvalue weighted by molar-refractivity contribution is -0.153. The van der Waals surface area contributed by atoms with E-state index in [1.165, 1.54) is 12.1 Å². The van der Waals surface area contributed by atoms with Crippen molar-refractivity contribution in [2.45, 2.75) is 6.18 Å². The van der Waals surface area contributed by atoms with E-state index in [1.807, 2.05) is 31.3 Å². The van der Waals surface area contributed by atoms with Crippen molar-refractivity contribution in [3.63, 3.8) is 0 Å². The van der Waals surface area contributed by atoms with Crippen LogP contribution in [0.15, 0.2) is 48.5 Å². The van der Waals surface area contributed by atoms with Crippen molar-refractivity contribution < 1.29 is 17.9 Å². The van der Waals surface area contributed by atoms with Crippen LogP contribution in [0.4, 0.5) is 18.9 Å². The summed E-state index contributed by atoms with van der Waals surface area (Å²) in [5.74, 6) is 0.204. The van der Waals surface area contributed by atoms with Gasteiger partial charge in [0.2, 0.25) is 0 Å². The number of hydrogen-bond donors (Lipinski definition) is 1. The number of benzene rings is 2. The summed E-state index contributed by atoms with van der Waals surface area (Å²) in [7, 11) is 1.83. The third-order valence-electron chi connectivity index (χ3n) is 2.74. The number of nitrogens with one attached hydrogen (secondary N) is 1. The molecular weight excluding hydrogens is 267 g/mol. The summed E-state index contributed by atoms with van der Waals surface area (Å²) in [5.41, 5.74) is 2.88. The third-order valence-corrected chi connectivity index (χ3v) is 2.74. The van der Waals surface area contributed by atoms with Gasteiger partial charge in [-0.05, 0) is 35.4 Å². The van der Waals surface area contributed by atoms with E-state index in [4.69, 9.17) is 0 Å². The van der Waals surface area contributed by atoms with E-state index >= 15 is 0 Å². The molecule has 2 nitrogen and oxygen atoms in total. The molecule has 0 radical (unpaired) electrons. The minimum atomic E-state index is -4.32. The molecule has 0 saturated carbocycles.